The molecule has 1 heterocycles. The Kier molecular flexibility index (Phi) is 2.90. The smallest absolute Gasteiger partial charge is 0.264 e. The highest BCUT2D eigenvalue weighted by atomic mass is 19.1. The van der Waals surface area contributed by atoms with E-state index < -0.39 is 23.2 Å². The van der Waals surface area contributed by atoms with Gasteiger partial charge in [0.15, 0.2) is 5.60 Å². The van der Waals surface area contributed by atoms with Crippen LogP contribution in [0.25, 0.3) is 0 Å². The number of rotatable bonds is 1. The van der Waals surface area contributed by atoms with Crippen molar-refractivity contribution in [3.8, 4) is 0 Å². The van der Waals surface area contributed by atoms with Crippen molar-refractivity contribution in [3.05, 3.63) is 29.6 Å². The molecule has 1 saturated carbocycles. The van der Waals surface area contributed by atoms with Gasteiger partial charge in [-0.15, -0.1) is 0 Å². The summed E-state index contributed by atoms with van der Waals surface area (Å²) in [5.41, 5.74) is -1.23. The number of benzene rings is 1. The molecule has 4 nitrogen and oxygen atoms in total. The van der Waals surface area contributed by atoms with Crippen LogP contribution >= 0.6 is 0 Å². The highest BCUT2D eigenvalue weighted by Gasteiger charge is 2.56. The van der Waals surface area contributed by atoms with Crippen molar-refractivity contribution in [2.24, 2.45) is 5.92 Å². The minimum atomic E-state index is -1.91. The molecule has 20 heavy (non-hydrogen) atoms. The molecule has 1 aromatic rings. The molecule has 5 heteroatoms. The van der Waals surface area contributed by atoms with Gasteiger partial charge in [0.05, 0.1) is 11.6 Å². The summed E-state index contributed by atoms with van der Waals surface area (Å²) in [6, 6.07) is 3.88. The summed E-state index contributed by atoms with van der Waals surface area (Å²) >= 11 is 0. The van der Waals surface area contributed by atoms with Crippen LogP contribution in [0.4, 0.5) is 10.1 Å². The molecule has 106 valence electrons. The molecule has 1 aliphatic heterocycles. The molecular weight excluding hydrogens is 261 g/mol. The van der Waals surface area contributed by atoms with Crippen molar-refractivity contribution in [2.45, 2.75) is 31.3 Å². The molecule has 1 fully saturated rings. The van der Waals surface area contributed by atoms with E-state index in [4.69, 9.17) is 0 Å². The minimum Gasteiger partial charge on any atom is -0.375 e. The molecule has 1 aliphatic carbocycles. The van der Waals surface area contributed by atoms with E-state index in [1.54, 1.807) is 0 Å². The van der Waals surface area contributed by atoms with Crippen molar-refractivity contribution < 1.29 is 19.1 Å². The normalized spacial score (nSPS) is 29.8. The second-order valence-electron chi connectivity index (χ2n) is 5.56. The number of anilines is 1. The van der Waals surface area contributed by atoms with Crippen LogP contribution in [0.3, 0.4) is 0 Å². The quantitative estimate of drug-likeness (QED) is 0.850. The molecule has 2 atom stereocenters. The average molecular weight is 277 g/mol. The molecule has 0 radical (unpaired) electrons. The predicted molar refractivity (Wildman–Crippen MR) is 70.7 cm³/mol. The Morgan fingerprint density at radius 2 is 2.10 bits per heavy atom. The summed E-state index contributed by atoms with van der Waals surface area (Å²) in [7, 11) is 1.53. The molecule has 0 saturated heterocycles. The Balaban J connectivity index is 2.15. The first-order valence-electron chi connectivity index (χ1n) is 6.79. The fourth-order valence-electron chi connectivity index (χ4n) is 3.35. The highest BCUT2D eigenvalue weighted by molar-refractivity contribution is 6.09. The van der Waals surface area contributed by atoms with Gasteiger partial charge >= 0.3 is 0 Å². The number of aliphatic hydroxyl groups is 1. The van der Waals surface area contributed by atoms with E-state index in [0.29, 0.717) is 18.5 Å². The Morgan fingerprint density at radius 3 is 2.80 bits per heavy atom. The fourth-order valence-corrected chi connectivity index (χ4v) is 3.35. The van der Waals surface area contributed by atoms with Crippen LogP contribution in [0, 0.1) is 11.7 Å². The molecule has 0 bridgehead atoms. The van der Waals surface area contributed by atoms with E-state index in [-0.39, 0.29) is 11.3 Å². The molecule has 2 aliphatic rings. The maximum atomic E-state index is 13.5. The van der Waals surface area contributed by atoms with Crippen LogP contribution in [0.15, 0.2) is 18.2 Å². The van der Waals surface area contributed by atoms with Crippen LogP contribution in [-0.4, -0.2) is 23.8 Å². The summed E-state index contributed by atoms with van der Waals surface area (Å²) in [5, 5.41) is 10.9. The number of hydrogen-bond acceptors (Lipinski definition) is 3. The van der Waals surface area contributed by atoms with Crippen LogP contribution < -0.4 is 4.90 Å². The summed E-state index contributed by atoms with van der Waals surface area (Å²) in [6.45, 7) is 0. The molecule has 1 amide bonds. The zero-order valence-electron chi connectivity index (χ0n) is 11.2. The lowest BCUT2D eigenvalue weighted by atomic mass is 9.73. The number of likely N-dealkylation sites (N-methyl/N-ethyl adjacent to an activating group) is 1. The molecule has 1 aromatic carbocycles. The van der Waals surface area contributed by atoms with E-state index in [1.165, 1.54) is 30.1 Å². The van der Waals surface area contributed by atoms with Crippen molar-refractivity contribution in [3.63, 3.8) is 0 Å². The van der Waals surface area contributed by atoms with Gasteiger partial charge in [0.1, 0.15) is 11.6 Å². The van der Waals surface area contributed by atoms with Crippen LogP contribution in [0.1, 0.15) is 31.2 Å². The third kappa shape index (κ3) is 1.62. The van der Waals surface area contributed by atoms with Gasteiger partial charge in [-0.25, -0.2) is 4.39 Å². The second kappa shape index (κ2) is 4.38. The minimum absolute atomic E-state index is 0.113. The lowest BCUT2D eigenvalue weighted by Gasteiger charge is -2.33. The van der Waals surface area contributed by atoms with Gasteiger partial charge < -0.3 is 10.0 Å². The molecule has 1 N–H and O–H groups in total. The predicted octanol–water partition coefficient (Wildman–Crippen LogP) is 1.75. The van der Waals surface area contributed by atoms with Gasteiger partial charge in [-0.3, -0.25) is 9.59 Å². The van der Waals surface area contributed by atoms with Gasteiger partial charge in [0.2, 0.25) is 0 Å². The zero-order valence-corrected chi connectivity index (χ0v) is 11.2. The van der Waals surface area contributed by atoms with Gasteiger partial charge in [-0.05, 0) is 31.0 Å². The first kappa shape index (κ1) is 13.2. The van der Waals surface area contributed by atoms with Crippen molar-refractivity contribution in [1.82, 2.24) is 0 Å². The maximum absolute atomic E-state index is 13.5. The average Bonchev–Trinajstić information content (AvgIpc) is 2.62. The van der Waals surface area contributed by atoms with Crippen LogP contribution in [0.5, 0.6) is 0 Å². The molecular formula is C15H16FNO3. The van der Waals surface area contributed by atoms with Crippen molar-refractivity contribution >= 4 is 17.4 Å². The number of nitrogens with zero attached hydrogens (tertiary/aromatic N) is 1. The van der Waals surface area contributed by atoms with E-state index in [0.717, 1.165) is 12.8 Å². The standard InChI is InChI=1S/C15H16FNO3/c1-17-12-7-6-9(16)8-11(12)15(20,14(17)19)10-4-2-3-5-13(10)18/h6-8,10,20H,2-5H2,1H3/t10?,15-/m0/s1. The lowest BCUT2D eigenvalue weighted by molar-refractivity contribution is -0.151. The summed E-state index contributed by atoms with van der Waals surface area (Å²) < 4.78 is 13.5. The number of carbonyl (C=O) groups is 2. The van der Waals surface area contributed by atoms with Gasteiger partial charge in [-0.2, -0.15) is 0 Å². The number of fused-ring (bicyclic) bond motifs is 1. The Bertz CT molecular complexity index is 601. The fraction of sp³-hybridized carbons (Fsp3) is 0.467. The third-order valence-electron chi connectivity index (χ3n) is 4.42. The number of hydrogen-bond donors (Lipinski definition) is 1. The van der Waals surface area contributed by atoms with Crippen molar-refractivity contribution in [2.75, 3.05) is 11.9 Å². The monoisotopic (exact) mass is 277 g/mol. The third-order valence-corrected chi connectivity index (χ3v) is 4.42. The van der Waals surface area contributed by atoms with E-state index in [2.05, 4.69) is 0 Å². The summed E-state index contributed by atoms with van der Waals surface area (Å²) in [5.74, 6) is -1.95. The Hall–Kier alpha value is -1.75. The van der Waals surface area contributed by atoms with Crippen molar-refractivity contribution in [1.29, 1.82) is 0 Å². The van der Waals surface area contributed by atoms with Crippen LogP contribution in [0.2, 0.25) is 0 Å². The Morgan fingerprint density at radius 1 is 1.35 bits per heavy atom. The van der Waals surface area contributed by atoms with Gasteiger partial charge in [0, 0.05) is 19.0 Å². The van der Waals surface area contributed by atoms with E-state index in [1.807, 2.05) is 0 Å². The zero-order chi connectivity index (χ0) is 14.5. The largest absolute Gasteiger partial charge is 0.375 e. The van der Waals surface area contributed by atoms with Gasteiger partial charge in [0.25, 0.3) is 5.91 Å². The maximum Gasteiger partial charge on any atom is 0.264 e. The number of Topliss-reactive ketones (excluding diaryl/α,β-unsaturated/α-hetero) is 1. The first-order valence-corrected chi connectivity index (χ1v) is 6.79. The number of ketones is 1. The van der Waals surface area contributed by atoms with E-state index >= 15 is 0 Å². The summed E-state index contributed by atoms with van der Waals surface area (Å²) in [4.78, 5) is 25.9. The van der Waals surface area contributed by atoms with Crippen LogP contribution in [-0.2, 0) is 15.2 Å². The Labute approximate surface area is 116 Å². The number of halogens is 1. The molecule has 0 aromatic heterocycles. The SMILES string of the molecule is CN1C(=O)[C@](O)(C2CCCCC2=O)c2cc(F)ccc21. The molecule has 1 unspecified atom stereocenters. The second-order valence-corrected chi connectivity index (χ2v) is 5.56. The number of carbonyl (C=O) groups excluding carboxylic acids is 2. The first-order chi connectivity index (χ1) is 9.46. The highest BCUT2D eigenvalue weighted by Crippen LogP contribution is 2.47. The lowest BCUT2D eigenvalue weighted by Crippen LogP contribution is -2.48. The topological polar surface area (TPSA) is 57.6 Å². The molecule has 0 spiro atoms. The number of amides is 1. The van der Waals surface area contributed by atoms with E-state index in [9.17, 15) is 19.1 Å². The summed E-state index contributed by atoms with van der Waals surface area (Å²) in [6.07, 6.45) is 2.41. The van der Waals surface area contributed by atoms with Gasteiger partial charge in [-0.1, -0.05) is 6.42 Å². The molecule has 3 rings (SSSR count).